The molecule has 2 unspecified atom stereocenters. The van der Waals surface area contributed by atoms with Crippen LogP contribution in [0.15, 0.2) is 12.3 Å². The normalized spacial score (nSPS) is 14.2. The molecule has 0 aliphatic carbocycles. The van der Waals surface area contributed by atoms with E-state index in [2.05, 4.69) is 14.8 Å². The third-order valence-corrected chi connectivity index (χ3v) is 1.94. The van der Waals surface area contributed by atoms with Crippen LogP contribution in [0.1, 0.15) is 13.3 Å². The van der Waals surface area contributed by atoms with Crippen LogP contribution in [-0.2, 0) is 19.1 Å². The quantitative estimate of drug-likeness (QED) is 0.373. The number of esters is 2. The number of hydrogen-bond acceptors (Lipinski definition) is 6. The predicted molar refractivity (Wildman–Crippen MR) is 56.1 cm³/mol. The molecule has 6 nitrogen and oxygen atoms in total. The Bertz CT molecular complexity index is 264. The van der Waals surface area contributed by atoms with Crippen LogP contribution in [-0.4, -0.2) is 37.5 Å². The SMILES string of the molecule is COC(=O)/C=C/NC(O)C(C)CC(=O)OC. The van der Waals surface area contributed by atoms with Crippen LogP contribution in [0.2, 0.25) is 0 Å². The Kier molecular flexibility index (Phi) is 6.95. The monoisotopic (exact) mass is 231 g/mol. The summed E-state index contributed by atoms with van der Waals surface area (Å²) in [6.07, 6.45) is 1.56. The van der Waals surface area contributed by atoms with Gasteiger partial charge in [0, 0.05) is 18.2 Å². The summed E-state index contributed by atoms with van der Waals surface area (Å²) < 4.78 is 8.81. The van der Waals surface area contributed by atoms with Crippen molar-refractivity contribution in [2.24, 2.45) is 5.92 Å². The Hall–Kier alpha value is -1.56. The number of carbonyl (C=O) groups excluding carboxylic acids is 2. The van der Waals surface area contributed by atoms with E-state index >= 15 is 0 Å². The van der Waals surface area contributed by atoms with Crippen molar-refractivity contribution in [1.29, 1.82) is 0 Å². The number of methoxy groups -OCH3 is 2. The highest BCUT2D eigenvalue weighted by Gasteiger charge is 2.16. The maximum Gasteiger partial charge on any atom is 0.331 e. The van der Waals surface area contributed by atoms with Crippen LogP contribution in [0.25, 0.3) is 0 Å². The lowest BCUT2D eigenvalue weighted by Crippen LogP contribution is -2.32. The topological polar surface area (TPSA) is 84.9 Å². The van der Waals surface area contributed by atoms with E-state index in [1.54, 1.807) is 6.92 Å². The lowest BCUT2D eigenvalue weighted by Gasteiger charge is -2.17. The Morgan fingerprint density at radius 1 is 1.38 bits per heavy atom. The zero-order valence-corrected chi connectivity index (χ0v) is 9.60. The summed E-state index contributed by atoms with van der Waals surface area (Å²) in [6.45, 7) is 1.68. The number of hydrogen-bond donors (Lipinski definition) is 2. The highest BCUT2D eigenvalue weighted by molar-refractivity contribution is 5.81. The molecule has 0 amide bonds. The molecule has 0 aromatic rings. The summed E-state index contributed by atoms with van der Waals surface area (Å²) in [5.41, 5.74) is 0. The number of aliphatic hydroxyl groups is 1. The van der Waals surface area contributed by atoms with Crippen LogP contribution in [0.4, 0.5) is 0 Å². The second-order valence-corrected chi connectivity index (χ2v) is 3.23. The molecule has 0 heterocycles. The Labute approximate surface area is 94.2 Å². The summed E-state index contributed by atoms with van der Waals surface area (Å²) in [7, 11) is 2.54. The van der Waals surface area contributed by atoms with Crippen molar-refractivity contribution in [2.75, 3.05) is 14.2 Å². The maximum atomic E-state index is 10.9. The molecule has 0 aliphatic rings. The van der Waals surface area contributed by atoms with Gasteiger partial charge in [-0.1, -0.05) is 6.92 Å². The van der Waals surface area contributed by atoms with Crippen molar-refractivity contribution < 1.29 is 24.2 Å². The summed E-state index contributed by atoms with van der Waals surface area (Å²) in [4.78, 5) is 21.6. The van der Waals surface area contributed by atoms with Gasteiger partial charge in [0.1, 0.15) is 6.23 Å². The number of carbonyl (C=O) groups is 2. The average Bonchev–Trinajstić information content (AvgIpc) is 2.28. The van der Waals surface area contributed by atoms with Crippen LogP contribution < -0.4 is 5.32 Å². The third kappa shape index (κ3) is 6.02. The van der Waals surface area contributed by atoms with E-state index in [0.717, 1.165) is 6.08 Å². The zero-order valence-electron chi connectivity index (χ0n) is 9.60. The molecule has 0 radical (unpaired) electrons. The van der Waals surface area contributed by atoms with Crippen molar-refractivity contribution in [1.82, 2.24) is 5.32 Å². The third-order valence-electron chi connectivity index (χ3n) is 1.94. The first-order valence-electron chi connectivity index (χ1n) is 4.76. The molecule has 16 heavy (non-hydrogen) atoms. The molecule has 0 saturated carbocycles. The van der Waals surface area contributed by atoms with Gasteiger partial charge in [-0.3, -0.25) is 4.79 Å². The maximum absolute atomic E-state index is 10.9. The average molecular weight is 231 g/mol. The first kappa shape index (κ1) is 14.4. The van der Waals surface area contributed by atoms with Crippen molar-refractivity contribution in [3.05, 3.63) is 12.3 Å². The van der Waals surface area contributed by atoms with E-state index in [-0.39, 0.29) is 12.3 Å². The number of aliphatic hydroxyl groups excluding tert-OH is 1. The van der Waals surface area contributed by atoms with Crippen LogP contribution in [0.5, 0.6) is 0 Å². The van der Waals surface area contributed by atoms with E-state index in [4.69, 9.17) is 0 Å². The molecule has 0 rings (SSSR count). The van der Waals surface area contributed by atoms with Gasteiger partial charge in [-0.05, 0) is 0 Å². The van der Waals surface area contributed by atoms with E-state index in [0.29, 0.717) is 0 Å². The zero-order chi connectivity index (χ0) is 12.6. The molecule has 0 aromatic heterocycles. The van der Waals surface area contributed by atoms with Gasteiger partial charge in [0.05, 0.1) is 20.6 Å². The highest BCUT2D eigenvalue weighted by atomic mass is 16.5. The largest absolute Gasteiger partial charge is 0.469 e. The summed E-state index contributed by atoms with van der Waals surface area (Å²) in [6, 6.07) is 0. The van der Waals surface area contributed by atoms with Crippen molar-refractivity contribution in [2.45, 2.75) is 19.6 Å². The molecule has 0 aromatic carbocycles. The van der Waals surface area contributed by atoms with Crippen molar-refractivity contribution >= 4 is 11.9 Å². The van der Waals surface area contributed by atoms with E-state index in [1.165, 1.54) is 20.4 Å². The summed E-state index contributed by atoms with van der Waals surface area (Å²) >= 11 is 0. The fraction of sp³-hybridized carbons (Fsp3) is 0.600. The standard InChI is InChI=1S/C10H17NO5/c1-7(6-9(13)16-3)10(14)11-5-4-8(12)15-2/h4-5,7,10-11,14H,6H2,1-3H3/b5-4+. The van der Waals surface area contributed by atoms with E-state index in [9.17, 15) is 14.7 Å². The predicted octanol–water partition coefficient (Wildman–Crippen LogP) is -0.220. The summed E-state index contributed by atoms with van der Waals surface area (Å²) in [5, 5.41) is 12.1. The van der Waals surface area contributed by atoms with Gasteiger partial charge >= 0.3 is 11.9 Å². The van der Waals surface area contributed by atoms with E-state index < -0.39 is 18.2 Å². The molecular weight excluding hydrogens is 214 g/mol. The first-order chi connectivity index (χ1) is 7.51. The van der Waals surface area contributed by atoms with Crippen LogP contribution >= 0.6 is 0 Å². The first-order valence-corrected chi connectivity index (χ1v) is 4.76. The summed E-state index contributed by atoms with van der Waals surface area (Å²) in [5.74, 6) is -1.25. The lowest BCUT2D eigenvalue weighted by molar-refractivity contribution is -0.142. The van der Waals surface area contributed by atoms with Crippen LogP contribution in [0, 0.1) is 5.92 Å². The number of nitrogens with one attached hydrogen (secondary N) is 1. The Morgan fingerprint density at radius 3 is 2.50 bits per heavy atom. The molecule has 2 atom stereocenters. The minimum absolute atomic E-state index is 0.0940. The fourth-order valence-electron chi connectivity index (χ4n) is 0.905. The molecule has 0 bridgehead atoms. The van der Waals surface area contributed by atoms with Gasteiger partial charge in [-0.2, -0.15) is 0 Å². The van der Waals surface area contributed by atoms with Crippen LogP contribution in [0.3, 0.4) is 0 Å². The van der Waals surface area contributed by atoms with Gasteiger partial charge in [0.15, 0.2) is 0 Å². The molecule has 92 valence electrons. The molecule has 2 N–H and O–H groups in total. The Morgan fingerprint density at radius 2 is 2.00 bits per heavy atom. The molecule has 6 heteroatoms. The molecular formula is C10H17NO5. The van der Waals surface area contributed by atoms with Gasteiger partial charge in [-0.15, -0.1) is 0 Å². The number of rotatable bonds is 6. The number of ether oxygens (including phenoxy) is 2. The van der Waals surface area contributed by atoms with Gasteiger partial charge in [0.25, 0.3) is 0 Å². The van der Waals surface area contributed by atoms with Crippen molar-refractivity contribution in [3.63, 3.8) is 0 Å². The molecule has 0 fully saturated rings. The van der Waals surface area contributed by atoms with Gasteiger partial charge in [0.2, 0.25) is 0 Å². The van der Waals surface area contributed by atoms with Gasteiger partial charge < -0.3 is 19.9 Å². The van der Waals surface area contributed by atoms with Gasteiger partial charge in [-0.25, -0.2) is 4.79 Å². The van der Waals surface area contributed by atoms with E-state index in [1.807, 2.05) is 0 Å². The highest BCUT2D eigenvalue weighted by Crippen LogP contribution is 2.06. The molecule has 0 aliphatic heterocycles. The second-order valence-electron chi connectivity index (χ2n) is 3.23. The van der Waals surface area contributed by atoms with Crippen molar-refractivity contribution in [3.8, 4) is 0 Å². The minimum Gasteiger partial charge on any atom is -0.469 e. The molecule has 0 spiro atoms. The molecule has 0 saturated heterocycles. The lowest BCUT2D eigenvalue weighted by atomic mass is 10.1. The Balaban J connectivity index is 3.96. The fourth-order valence-corrected chi connectivity index (χ4v) is 0.905. The minimum atomic E-state index is -0.931. The second kappa shape index (κ2) is 7.70. The smallest absolute Gasteiger partial charge is 0.331 e.